The number of ether oxygens (including phenoxy) is 3. The number of alkyl halides is 2. The van der Waals surface area contributed by atoms with E-state index in [0.29, 0.717) is 43.5 Å². The molecule has 44 heavy (non-hydrogen) atoms. The van der Waals surface area contributed by atoms with Gasteiger partial charge < -0.3 is 24.2 Å². The number of methoxy groups -OCH3 is 1. The molecule has 1 aliphatic heterocycles. The second kappa shape index (κ2) is 14.2. The molecule has 0 saturated carbocycles. The normalized spacial score (nSPS) is 17.5. The molecule has 12 heteroatoms. The third kappa shape index (κ3) is 8.54. The van der Waals surface area contributed by atoms with Gasteiger partial charge in [0, 0.05) is 25.8 Å². The zero-order valence-corrected chi connectivity index (χ0v) is 25.6. The minimum Gasteiger partial charge on any atom is -0.444 e. The summed E-state index contributed by atoms with van der Waals surface area (Å²) in [5.41, 5.74) is 2.72. The number of aromatic nitrogens is 2. The zero-order chi connectivity index (χ0) is 32.0. The van der Waals surface area contributed by atoms with Crippen LogP contribution in [-0.2, 0) is 29.0 Å². The monoisotopic (exact) mass is 614 g/mol. The molecule has 1 saturated heterocycles. The number of carbonyl (C=O) groups excluding carboxylic acids is 2. The zero-order valence-electron chi connectivity index (χ0n) is 25.6. The van der Waals surface area contributed by atoms with Crippen molar-refractivity contribution in [1.29, 1.82) is 0 Å². The molecule has 238 valence electrons. The molecule has 2 aromatic carbocycles. The van der Waals surface area contributed by atoms with Crippen molar-refractivity contribution in [3.05, 3.63) is 82.7 Å². The standard InChI is InChI=1S/C32H40F2N4O6/c1-32(2,3)44-31(41)38-25(12-15-27(38)28(39)21-10-13-26(14-11-21)43-30(33)34)16-20-6-8-22(9-7-20)29(40)37(4)18-23-17-24(19-42-5)36-35-23/h6-11,13-14,17,25,27-28,30,39H,12,15-16,18-19H2,1-5H3,(H,35,36). The van der Waals surface area contributed by atoms with Crippen LogP contribution in [-0.4, -0.2) is 75.6 Å². The number of aliphatic hydroxyl groups excluding tert-OH is 1. The number of aliphatic hydroxyl groups is 1. The van der Waals surface area contributed by atoms with Gasteiger partial charge in [0.2, 0.25) is 0 Å². The van der Waals surface area contributed by atoms with Crippen molar-refractivity contribution in [2.75, 3.05) is 14.2 Å². The van der Waals surface area contributed by atoms with Crippen LogP contribution >= 0.6 is 0 Å². The number of halogens is 2. The molecule has 0 bridgehead atoms. The predicted molar refractivity (Wildman–Crippen MR) is 158 cm³/mol. The lowest BCUT2D eigenvalue weighted by Gasteiger charge is -2.35. The predicted octanol–water partition coefficient (Wildman–Crippen LogP) is 5.47. The lowest BCUT2D eigenvalue weighted by atomic mass is 10.00. The van der Waals surface area contributed by atoms with Crippen LogP contribution in [0.25, 0.3) is 0 Å². The number of likely N-dealkylation sites (tertiary alicyclic amines) is 1. The molecule has 4 rings (SSSR count). The number of hydrogen-bond donors (Lipinski definition) is 2. The summed E-state index contributed by atoms with van der Waals surface area (Å²) in [7, 11) is 3.31. The highest BCUT2D eigenvalue weighted by atomic mass is 19.3. The van der Waals surface area contributed by atoms with Gasteiger partial charge in [0.05, 0.1) is 36.7 Å². The van der Waals surface area contributed by atoms with Crippen molar-refractivity contribution in [2.24, 2.45) is 0 Å². The minimum atomic E-state index is -2.95. The van der Waals surface area contributed by atoms with Crippen LogP contribution in [0, 0.1) is 0 Å². The summed E-state index contributed by atoms with van der Waals surface area (Å²) in [6, 6.07) is 14.0. The highest BCUT2D eigenvalue weighted by Gasteiger charge is 2.43. The maximum atomic E-state index is 13.4. The summed E-state index contributed by atoms with van der Waals surface area (Å²) in [4.78, 5) is 29.6. The van der Waals surface area contributed by atoms with Crippen molar-refractivity contribution in [1.82, 2.24) is 20.0 Å². The van der Waals surface area contributed by atoms with Crippen molar-refractivity contribution >= 4 is 12.0 Å². The van der Waals surface area contributed by atoms with E-state index in [1.165, 1.54) is 24.3 Å². The minimum absolute atomic E-state index is 0.0188. The van der Waals surface area contributed by atoms with Crippen LogP contribution < -0.4 is 4.74 Å². The molecule has 3 unspecified atom stereocenters. The Bertz CT molecular complexity index is 1390. The molecule has 0 aliphatic carbocycles. The Morgan fingerprint density at radius 1 is 1.11 bits per heavy atom. The summed E-state index contributed by atoms with van der Waals surface area (Å²) < 4.78 is 40.4. The molecular weight excluding hydrogens is 574 g/mol. The Morgan fingerprint density at radius 2 is 1.80 bits per heavy atom. The third-order valence-corrected chi connectivity index (χ3v) is 7.36. The van der Waals surface area contributed by atoms with E-state index in [2.05, 4.69) is 14.9 Å². The molecular formula is C32H40F2N4O6. The maximum absolute atomic E-state index is 13.4. The maximum Gasteiger partial charge on any atom is 0.410 e. The number of carbonyl (C=O) groups is 2. The molecule has 2 heterocycles. The number of rotatable bonds is 11. The number of nitrogens with zero attached hydrogens (tertiary/aromatic N) is 3. The summed E-state index contributed by atoms with van der Waals surface area (Å²) in [5, 5.41) is 18.4. The average molecular weight is 615 g/mol. The van der Waals surface area contributed by atoms with Gasteiger partial charge in [-0.3, -0.25) is 14.8 Å². The van der Waals surface area contributed by atoms with Gasteiger partial charge in [-0.2, -0.15) is 13.9 Å². The van der Waals surface area contributed by atoms with Gasteiger partial charge in [-0.05, 0) is 81.5 Å². The second-order valence-electron chi connectivity index (χ2n) is 12.0. The lowest BCUT2D eigenvalue weighted by Crippen LogP contribution is -2.47. The number of aromatic amines is 1. The Labute approximate surface area is 255 Å². The Kier molecular flexibility index (Phi) is 10.6. The molecule has 3 aromatic rings. The van der Waals surface area contributed by atoms with Crippen LogP contribution in [0.5, 0.6) is 5.75 Å². The fourth-order valence-corrected chi connectivity index (χ4v) is 5.40. The Morgan fingerprint density at radius 3 is 2.41 bits per heavy atom. The quantitative estimate of drug-likeness (QED) is 0.294. The highest BCUT2D eigenvalue weighted by Crippen LogP contribution is 2.36. The number of amides is 2. The number of benzene rings is 2. The first-order chi connectivity index (χ1) is 20.8. The van der Waals surface area contributed by atoms with Gasteiger partial charge in [-0.25, -0.2) is 4.79 Å². The summed E-state index contributed by atoms with van der Waals surface area (Å²) in [6.45, 7) is 3.12. The van der Waals surface area contributed by atoms with Gasteiger partial charge in [-0.1, -0.05) is 24.3 Å². The summed E-state index contributed by atoms with van der Waals surface area (Å²) in [6.07, 6.45) is 0.0156. The van der Waals surface area contributed by atoms with E-state index in [-0.39, 0.29) is 17.7 Å². The van der Waals surface area contributed by atoms with Crippen LogP contribution in [0.1, 0.15) is 72.6 Å². The largest absolute Gasteiger partial charge is 0.444 e. The van der Waals surface area contributed by atoms with Gasteiger partial charge >= 0.3 is 12.7 Å². The SMILES string of the molecule is COCc1cc(CN(C)C(=O)c2ccc(CC3CCC(C(O)c4ccc(OC(F)F)cc4)N3C(=O)OC(C)(C)C)cc2)n[nH]1. The molecule has 3 atom stereocenters. The fraction of sp³-hybridized carbons (Fsp3) is 0.469. The Balaban J connectivity index is 1.45. The summed E-state index contributed by atoms with van der Waals surface area (Å²) in [5.74, 6) is -0.174. The van der Waals surface area contributed by atoms with Crippen molar-refractivity contribution in [2.45, 2.75) is 83.6 Å². The van der Waals surface area contributed by atoms with Crippen molar-refractivity contribution < 1.29 is 37.7 Å². The smallest absolute Gasteiger partial charge is 0.410 e. The van der Waals surface area contributed by atoms with Crippen LogP contribution in [0.2, 0.25) is 0 Å². The van der Waals surface area contributed by atoms with Crippen LogP contribution in [0.15, 0.2) is 54.6 Å². The van der Waals surface area contributed by atoms with Gasteiger partial charge in [-0.15, -0.1) is 0 Å². The second-order valence-corrected chi connectivity index (χ2v) is 12.0. The van der Waals surface area contributed by atoms with Crippen LogP contribution in [0.3, 0.4) is 0 Å². The molecule has 1 fully saturated rings. The topological polar surface area (TPSA) is 117 Å². The number of hydrogen-bond acceptors (Lipinski definition) is 7. The van der Waals surface area contributed by atoms with E-state index in [1.54, 1.807) is 56.9 Å². The van der Waals surface area contributed by atoms with E-state index in [1.807, 2.05) is 18.2 Å². The van der Waals surface area contributed by atoms with E-state index in [0.717, 1.165) is 17.0 Å². The van der Waals surface area contributed by atoms with E-state index >= 15 is 0 Å². The Hall–Kier alpha value is -4.03. The molecule has 0 radical (unpaired) electrons. The molecule has 0 spiro atoms. The summed E-state index contributed by atoms with van der Waals surface area (Å²) >= 11 is 0. The van der Waals surface area contributed by atoms with E-state index in [4.69, 9.17) is 9.47 Å². The van der Waals surface area contributed by atoms with Gasteiger partial charge in [0.15, 0.2) is 0 Å². The molecule has 2 N–H and O–H groups in total. The first-order valence-electron chi connectivity index (χ1n) is 14.4. The first kappa shape index (κ1) is 32.9. The van der Waals surface area contributed by atoms with Crippen molar-refractivity contribution in [3.63, 3.8) is 0 Å². The number of H-pyrrole nitrogens is 1. The molecule has 1 aromatic heterocycles. The molecule has 2 amide bonds. The fourth-order valence-electron chi connectivity index (χ4n) is 5.40. The molecule has 10 nitrogen and oxygen atoms in total. The van der Waals surface area contributed by atoms with E-state index in [9.17, 15) is 23.5 Å². The van der Waals surface area contributed by atoms with Gasteiger partial charge in [0.25, 0.3) is 5.91 Å². The average Bonchev–Trinajstić information content (AvgIpc) is 3.59. The number of nitrogens with one attached hydrogen (secondary N) is 1. The van der Waals surface area contributed by atoms with Crippen LogP contribution in [0.4, 0.5) is 13.6 Å². The van der Waals surface area contributed by atoms with E-state index < -0.39 is 30.5 Å². The molecule has 1 aliphatic rings. The third-order valence-electron chi connectivity index (χ3n) is 7.36. The first-order valence-corrected chi connectivity index (χ1v) is 14.4. The van der Waals surface area contributed by atoms with Gasteiger partial charge in [0.1, 0.15) is 11.4 Å². The lowest BCUT2D eigenvalue weighted by molar-refractivity contribution is -0.0499. The van der Waals surface area contributed by atoms with Crippen molar-refractivity contribution in [3.8, 4) is 5.75 Å². The highest BCUT2D eigenvalue weighted by molar-refractivity contribution is 5.94.